The molecule has 4 rings (SSSR count). The van der Waals surface area contributed by atoms with Crippen molar-refractivity contribution in [2.24, 2.45) is 0 Å². The number of carbonyl (C=O) groups is 1. The Morgan fingerprint density at radius 2 is 1.58 bits per heavy atom. The van der Waals surface area contributed by atoms with Crippen LogP contribution in [-0.4, -0.2) is 20.3 Å². The standard InChI is InChI=1S/C25H26N4O2/c1-15-10-9-11-16(2)23(15)27-24(30)19(5)28-17(3)21-14-26-29(20-12-7-6-8-13-20)25(31)22(21)18(28)4/h6-14,19H,1-5H3,(H,27,30)/t19-/m0/s1. The van der Waals surface area contributed by atoms with E-state index >= 15 is 0 Å². The van der Waals surface area contributed by atoms with Crippen molar-refractivity contribution in [2.75, 3.05) is 5.32 Å². The van der Waals surface area contributed by atoms with Crippen molar-refractivity contribution in [1.82, 2.24) is 14.3 Å². The fraction of sp³-hybridized carbons (Fsp3) is 0.240. The maximum atomic E-state index is 13.3. The number of aryl methyl sites for hydroxylation is 4. The lowest BCUT2D eigenvalue weighted by molar-refractivity contribution is -0.118. The van der Waals surface area contributed by atoms with Crippen molar-refractivity contribution in [3.63, 3.8) is 0 Å². The molecule has 0 saturated heterocycles. The molecular formula is C25H26N4O2. The summed E-state index contributed by atoms with van der Waals surface area (Å²) >= 11 is 0. The molecule has 1 atom stereocenters. The Morgan fingerprint density at radius 1 is 0.935 bits per heavy atom. The highest BCUT2D eigenvalue weighted by Gasteiger charge is 2.24. The number of benzene rings is 2. The molecule has 4 aromatic rings. The summed E-state index contributed by atoms with van der Waals surface area (Å²) in [5, 5.41) is 8.80. The normalized spacial score (nSPS) is 12.2. The number of para-hydroxylation sites is 2. The summed E-state index contributed by atoms with van der Waals surface area (Å²) < 4.78 is 3.33. The first-order chi connectivity index (χ1) is 14.8. The number of anilines is 1. The number of carbonyl (C=O) groups excluding carboxylic acids is 1. The monoisotopic (exact) mass is 414 g/mol. The van der Waals surface area contributed by atoms with Gasteiger partial charge >= 0.3 is 0 Å². The van der Waals surface area contributed by atoms with Crippen LogP contribution in [0.15, 0.2) is 59.5 Å². The van der Waals surface area contributed by atoms with Crippen molar-refractivity contribution >= 4 is 22.4 Å². The Hall–Kier alpha value is -3.67. The number of nitrogens with zero attached hydrogens (tertiary/aromatic N) is 3. The Bertz CT molecular complexity index is 1330. The molecule has 2 aromatic heterocycles. The molecule has 2 aromatic carbocycles. The van der Waals surface area contributed by atoms with E-state index in [1.807, 2.05) is 87.7 Å². The van der Waals surface area contributed by atoms with Gasteiger partial charge in [0.15, 0.2) is 0 Å². The first-order valence-corrected chi connectivity index (χ1v) is 10.3. The average molecular weight is 415 g/mol. The number of fused-ring (bicyclic) bond motifs is 1. The van der Waals surface area contributed by atoms with Gasteiger partial charge in [0, 0.05) is 22.5 Å². The predicted octanol–water partition coefficient (Wildman–Crippen LogP) is 4.62. The maximum Gasteiger partial charge on any atom is 0.281 e. The quantitative estimate of drug-likeness (QED) is 0.530. The minimum absolute atomic E-state index is 0.125. The highest BCUT2D eigenvalue weighted by Crippen LogP contribution is 2.28. The number of aromatic nitrogens is 3. The van der Waals surface area contributed by atoms with Gasteiger partial charge in [0.1, 0.15) is 6.04 Å². The molecule has 0 unspecified atom stereocenters. The smallest absolute Gasteiger partial charge is 0.281 e. The number of amides is 1. The summed E-state index contributed by atoms with van der Waals surface area (Å²) in [5.41, 5.74) is 4.99. The molecular weight excluding hydrogens is 388 g/mol. The van der Waals surface area contributed by atoms with Gasteiger partial charge in [0.2, 0.25) is 5.91 Å². The van der Waals surface area contributed by atoms with E-state index in [1.54, 1.807) is 6.20 Å². The van der Waals surface area contributed by atoms with E-state index in [-0.39, 0.29) is 11.5 Å². The molecule has 0 aliphatic rings. The van der Waals surface area contributed by atoms with Crippen molar-refractivity contribution in [2.45, 2.75) is 40.7 Å². The van der Waals surface area contributed by atoms with Gasteiger partial charge in [-0.25, -0.2) is 0 Å². The van der Waals surface area contributed by atoms with E-state index in [0.717, 1.165) is 33.6 Å². The zero-order valence-corrected chi connectivity index (χ0v) is 18.4. The third-order valence-electron chi connectivity index (χ3n) is 5.95. The summed E-state index contributed by atoms with van der Waals surface area (Å²) in [7, 11) is 0. The molecule has 2 heterocycles. The van der Waals surface area contributed by atoms with E-state index in [9.17, 15) is 9.59 Å². The van der Waals surface area contributed by atoms with Gasteiger partial charge in [-0.3, -0.25) is 9.59 Å². The van der Waals surface area contributed by atoms with Crippen LogP contribution in [0.3, 0.4) is 0 Å². The summed E-state index contributed by atoms with van der Waals surface area (Å²) in [6.07, 6.45) is 1.71. The van der Waals surface area contributed by atoms with Gasteiger partial charge in [-0.1, -0.05) is 36.4 Å². The Labute approximate surface area is 181 Å². The Balaban J connectivity index is 1.78. The van der Waals surface area contributed by atoms with Gasteiger partial charge in [-0.05, 0) is 57.9 Å². The second-order valence-corrected chi connectivity index (χ2v) is 7.96. The van der Waals surface area contributed by atoms with E-state index in [4.69, 9.17) is 0 Å². The SMILES string of the molecule is Cc1cccc(C)c1NC(=O)[C@H](C)n1c(C)c2cnn(-c3ccccc3)c(=O)c2c1C. The lowest BCUT2D eigenvalue weighted by Gasteiger charge is -2.19. The largest absolute Gasteiger partial charge is 0.336 e. The lowest BCUT2D eigenvalue weighted by atomic mass is 10.1. The second-order valence-electron chi connectivity index (χ2n) is 7.96. The minimum atomic E-state index is -0.490. The molecule has 31 heavy (non-hydrogen) atoms. The fourth-order valence-corrected chi connectivity index (χ4v) is 4.27. The topological polar surface area (TPSA) is 68.9 Å². The zero-order chi connectivity index (χ0) is 22.3. The Morgan fingerprint density at radius 3 is 2.23 bits per heavy atom. The van der Waals surface area contributed by atoms with Gasteiger partial charge in [0.05, 0.1) is 17.3 Å². The minimum Gasteiger partial charge on any atom is -0.336 e. The molecule has 158 valence electrons. The van der Waals surface area contributed by atoms with Crippen LogP contribution in [0.25, 0.3) is 16.5 Å². The van der Waals surface area contributed by atoms with E-state index < -0.39 is 6.04 Å². The second kappa shape index (κ2) is 7.87. The van der Waals surface area contributed by atoms with Crippen LogP contribution >= 0.6 is 0 Å². The molecule has 0 spiro atoms. The van der Waals surface area contributed by atoms with E-state index in [2.05, 4.69) is 10.4 Å². The van der Waals surface area contributed by atoms with Crippen molar-refractivity contribution in [3.8, 4) is 5.69 Å². The number of hydrogen-bond acceptors (Lipinski definition) is 3. The number of nitrogens with one attached hydrogen (secondary N) is 1. The predicted molar refractivity (Wildman–Crippen MR) is 124 cm³/mol. The van der Waals surface area contributed by atoms with Gasteiger partial charge in [0.25, 0.3) is 5.56 Å². The number of hydrogen-bond donors (Lipinski definition) is 1. The third-order valence-corrected chi connectivity index (χ3v) is 5.95. The molecule has 1 amide bonds. The van der Waals surface area contributed by atoms with Gasteiger partial charge in [-0.15, -0.1) is 0 Å². The van der Waals surface area contributed by atoms with Crippen LogP contribution in [-0.2, 0) is 4.79 Å². The maximum absolute atomic E-state index is 13.3. The average Bonchev–Trinajstić information content (AvgIpc) is 3.01. The highest BCUT2D eigenvalue weighted by molar-refractivity contribution is 5.96. The molecule has 0 fully saturated rings. The van der Waals surface area contributed by atoms with Crippen LogP contribution in [0.5, 0.6) is 0 Å². The molecule has 0 saturated carbocycles. The van der Waals surface area contributed by atoms with Crippen LogP contribution in [0.4, 0.5) is 5.69 Å². The van der Waals surface area contributed by atoms with Crippen molar-refractivity contribution < 1.29 is 4.79 Å². The number of rotatable bonds is 4. The van der Waals surface area contributed by atoms with Crippen LogP contribution < -0.4 is 10.9 Å². The molecule has 1 N–H and O–H groups in total. The zero-order valence-electron chi connectivity index (χ0n) is 18.4. The van der Waals surface area contributed by atoms with Crippen molar-refractivity contribution in [3.05, 3.63) is 87.6 Å². The molecule has 0 radical (unpaired) electrons. The van der Waals surface area contributed by atoms with Crippen LogP contribution in [0, 0.1) is 27.7 Å². The fourth-order valence-electron chi connectivity index (χ4n) is 4.27. The first kappa shape index (κ1) is 20.6. The molecule has 6 nitrogen and oxygen atoms in total. The van der Waals surface area contributed by atoms with Crippen LogP contribution in [0.1, 0.15) is 35.5 Å². The van der Waals surface area contributed by atoms with E-state index in [0.29, 0.717) is 11.1 Å². The van der Waals surface area contributed by atoms with Crippen LogP contribution in [0.2, 0.25) is 0 Å². The lowest BCUT2D eigenvalue weighted by Crippen LogP contribution is -2.26. The molecule has 0 aliphatic carbocycles. The van der Waals surface area contributed by atoms with Gasteiger partial charge in [-0.2, -0.15) is 9.78 Å². The molecule has 6 heteroatoms. The summed E-state index contributed by atoms with van der Waals surface area (Å²) in [6.45, 7) is 9.61. The Kier molecular flexibility index (Phi) is 5.23. The van der Waals surface area contributed by atoms with Crippen molar-refractivity contribution in [1.29, 1.82) is 0 Å². The van der Waals surface area contributed by atoms with Gasteiger partial charge < -0.3 is 9.88 Å². The summed E-state index contributed by atoms with van der Waals surface area (Å²) in [5.74, 6) is -0.125. The highest BCUT2D eigenvalue weighted by atomic mass is 16.2. The molecule has 0 aliphatic heterocycles. The summed E-state index contributed by atoms with van der Waals surface area (Å²) in [4.78, 5) is 26.4. The third kappa shape index (κ3) is 3.44. The molecule has 0 bridgehead atoms. The summed E-state index contributed by atoms with van der Waals surface area (Å²) in [6, 6.07) is 14.8. The van der Waals surface area contributed by atoms with E-state index in [1.165, 1.54) is 4.68 Å². The first-order valence-electron chi connectivity index (χ1n) is 10.3.